The summed E-state index contributed by atoms with van der Waals surface area (Å²) >= 11 is 0. The van der Waals surface area contributed by atoms with Gasteiger partial charge in [0.1, 0.15) is 5.82 Å². The maximum absolute atomic E-state index is 11.4. The number of amides is 2. The largest absolute Gasteiger partial charge is 0.384 e. The third-order valence-corrected chi connectivity index (χ3v) is 1.99. The van der Waals surface area contributed by atoms with E-state index < -0.39 is 0 Å². The quantitative estimate of drug-likeness (QED) is 0.827. The highest BCUT2D eigenvalue weighted by Crippen LogP contribution is 2.06. The van der Waals surface area contributed by atoms with Crippen molar-refractivity contribution in [2.45, 2.75) is 6.92 Å². The Balaban J connectivity index is 0.00000256. The third kappa shape index (κ3) is 5.17. The average Bonchev–Trinajstić information content (AvgIpc) is 2.21. The molecule has 17 heavy (non-hydrogen) atoms. The van der Waals surface area contributed by atoms with E-state index in [2.05, 4.69) is 10.3 Å². The summed E-state index contributed by atoms with van der Waals surface area (Å²) in [4.78, 5) is 27.5. The Morgan fingerprint density at radius 3 is 2.59 bits per heavy atom. The number of nitrogens with zero attached hydrogens (tertiary/aromatic N) is 2. The molecule has 0 aliphatic heterocycles. The molecule has 0 aromatic carbocycles. The van der Waals surface area contributed by atoms with Crippen LogP contribution in [0.2, 0.25) is 0 Å². The Hall–Kier alpha value is -1.82. The third-order valence-electron chi connectivity index (χ3n) is 1.99. The summed E-state index contributed by atoms with van der Waals surface area (Å²) in [5.41, 5.74) is 5.95. The fourth-order valence-electron chi connectivity index (χ4n) is 1.01. The van der Waals surface area contributed by atoms with Gasteiger partial charge in [-0.3, -0.25) is 9.59 Å². The Morgan fingerprint density at radius 2 is 2.12 bits per heavy atom. The number of hydrogen-bond acceptors (Lipinski definition) is 4. The van der Waals surface area contributed by atoms with Crippen LogP contribution >= 0.6 is 12.4 Å². The number of anilines is 2. The summed E-state index contributed by atoms with van der Waals surface area (Å²) in [5, 5.41) is 2.60. The molecule has 0 spiro atoms. The number of likely N-dealkylation sites (N-methyl/N-ethyl adjacent to an activating group) is 1. The van der Waals surface area contributed by atoms with Crippen molar-refractivity contribution in [3.05, 3.63) is 18.3 Å². The molecule has 0 fully saturated rings. The van der Waals surface area contributed by atoms with Gasteiger partial charge in [-0.25, -0.2) is 4.98 Å². The van der Waals surface area contributed by atoms with Crippen LogP contribution in [0.1, 0.15) is 6.92 Å². The summed E-state index contributed by atoms with van der Waals surface area (Å²) in [6.07, 6.45) is 1.46. The van der Waals surface area contributed by atoms with Crippen molar-refractivity contribution in [2.75, 3.05) is 24.6 Å². The van der Waals surface area contributed by atoms with Crippen LogP contribution in [-0.2, 0) is 9.59 Å². The number of aromatic nitrogens is 1. The van der Waals surface area contributed by atoms with Crippen LogP contribution in [0.5, 0.6) is 0 Å². The highest BCUT2D eigenvalue weighted by molar-refractivity contribution is 5.94. The first-order chi connectivity index (χ1) is 7.49. The number of carbonyl (C=O) groups excluding carboxylic acids is 2. The van der Waals surface area contributed by atoms with Crippen LogP contribution in [0.4, 0.5) is 11.5 Å². The topological polar surface area (TPSA) is 88.3 Å². The number of halogens is 1. The van der Waals surface area contributed by atoms with Crippen LogP contribution in [0.15, 0.2) is 18.3 Å². The molecule has 0 atom stereocenters. The van der Waals surface area contributed by atoms with Crippen LogP contribution in [0.25, 0.3) is 0 Å². The second kappa shape index (κ2) is 6.70. The first-order valence-corrected chi connectivity index (χ1v) is 4.72. The SMILES string of the molecule is CC(=O)N(C)CC(=O)Nc1ccc(N)nc1.Cl. The van der Waals surface area contributed by atoms with Gasteiger partial charge in [0.05, 0.1) is 18.4 Å². The first-order valence-electron chi connectivity index (χ1n) is 4.72. The molecular formula is C10H15ClN4O2. The van der Waals surface area contributed by atoms with E-state index >= 15 is 0 Å². The molecular weight excluding hydrogens is 244 g/mol. The van der Waals surface area contributed by atoms with Gasteiger partial charge in [0.25, 0.3) is 0 Å². The smallest absolute Gasteiger partial charge is 0.244 e. The minimum atomic E-state index is -0.274. The fourth-order valence-corrected chi connectivity index (χ4v) is 1.01. The molecule has 0 aliphatic rings. The van der Waals surface area contributed by atoms with E-state index in [4.69, 9.17) is 5.73 Å². The zero-order valence-electron chi connectivity index (χ0n) is 9.64. The van der Waals surface area contributed by atoms with Gasteiger partial charge in [-0.2, -0.15) is 0 Å². The Morgan fingerprint density at radius 1 is 1.47 bits per heavy atom. The molecule has 0 saturated carbocycles. The molecule has 0 radical (unpaired) electrons. The van der Waals surface area contributed by atoms with Crippen LogP contribution in [0, 0.1) is 0 Å². The Kier molecular flexibility index (Phi) is 5.98. The molecule has 0 unspecified atom stereocenters. The molecule has 1 rings (SSSR count). The van der Waals surface area contributed by atoms with Crippen LogP contribution < -0.4 is 11.1 Å². The van der Waals surface area contributed by atoms with Crippen molar-refractivity contribution in [1.82, 2.24) is 9.88 Å². The minimum Gasteiger partial charge on any atom is -0.384 e. The lowest BCUT2D eigenvalue weighted by Crippen LogP contribution is -2.33. The highest BCUT2D eigenvalue weighted by Gasteiger charge is 2.08. The molecule has 0 aliphatic carbocycles. The summed E-state index contributed by atoms with van der Waals surface area (Å²) in [5.74, 6) is -0.0475. The number of nitrogen functional groups attached to an aromatic ring is 1. The van der Waals surface area contributed by atoms with E-state index in [0.717, 1.165) is 0 Å². The van der Waals surface area contributed by atoms with Gasteiger partial charge in [0.15, 0.2) is 0 Å². The molecule has 7 heteroatoms. The predicted molar refractivity (Wildman–Crippen MR) is 67.8 cm³/mol. The molecule has 1 aromatic heterocycles. The average molecular weight is 259 g/mol. The lowest BCUT2D eigenvalue weighted by Gasteiger charge is -2.14. The second-order valence-corrected chi connectivity index (χ2v) is 3.39. The first kappa shape index (κ1) is 15.2. The van der Waals surface area contributed by atoms with E-state index in [1.807, 2.05) is 0 Å². The monoisotopic (exact) mass is 258 g/mol. The Bertz CT molecular complexity index is 394. The molecule has 1 aromatic rings. The van der Waals surface area contributed by atoms with Gasteiger partial charge in [-0.15, -0.1) is 12.4 Å². The zero-order chi connectivity index (χ0) is 12.1. The normalized spacial score (nSPS) is 9.06. The van der Waals surface area contributed by atoms with Crippen molar-refractivity contribution in [1.29, 1.82) is 0 Å². The van der Waals surface area contributed by atoms with Gasteiger partial charge >= 0.3 is 0 Å². The number of hydrogen-bond donors (Lipinski definition) is 2. The standard InChI is InChI=1S/C10H14N4O2.ClH/c1-7(15)14(2)6-10(16)13-8-3-4-9(11)12-5-8;/h3-5H,6H2,1-2H3,(H2,11,12)(H,13,16);1H. The maximum Gasteiger partial charge on any atom is 0.244 e. The van der Waals surface area contributed by atoms with Crippen molar-refractivity contribution >= 4 is 35.7 Å². The molecule has 2 amide bonds. The van der Waals surface area contributed by atoms with Gasteiger partial charge in [-0.1, -0.05) is 0 Å². The minimum absolute atomic E-state index is 0. The van der Waals surface area contributed by atoms with E-state index in [1.54, 1.807) is 19.2 Å². The summed E-state index contributed by atoms with van der Waals surface area (Å²) < 4.78 is 0. The summed E-state index contributed by atoms with van der Waals surface area (Å²) in [6, 6.07) is 3.23. The maximum atomic E-state index is 11.4. The molecule has 0 bridgehead atoms. The predicted octanol–water partition coefficient (Wildman–Crippen LogP) is 0.502. The lowest BCUT2D eigenvalue weighted by molar-refractivity contribution is -0.131. The van der Waals surface area contributed by atoms with Gasteiger partial charge in [-0.05, 0) is 12.1 Å². The van der Waals surface area contributed by atoms with Crippen LogP contribution in [-0.4, -0.2) is 35.3 Å². The van der Waals surface area contributed by atoms with E-state index in [1.165, 1.54) is 18.0 Å². The summed E-state index contributed by atoms with van der Waals surface area (Å²) in [6.45, 7) is 1.41. The number of pyridine rings is 1. The molecule has 94 valence electrons. The summed E-state index contributed by atoms with van der Waals surface area (Å²) in [7, 11) is 1.56. The van der Waals surface area contributed by atoms with Gasteiger partial charge < -0.3 is 16.0 Å². The van der Waals surface area contributed by atoms with E-state index in [0.29, 0.717) is 11.5 Å². The van der Waals surface area contributed by atoms with E-state index in [9.17, 15) is 9.59 Å². The molecule has 1 heterocycles. The van der Waals surface area contributed by atoms with Crippen molar-refractivity contribution in [2.24, 2.45) is 0 Å². The molecule has 0 saturated heterocycles. The van der Waals surface area contributed by atoms with Crippen LogP contribution in [0.3, 0.4) is 0 Å². The lowest BCUT2D eigenvalue weighted by atomic mass is 10.4. The number of nitrogens with two attached hydrogens (primary N) is 1. The van der Waals surface area contributed by atoms with E-state index in [-0.39, 0.29) is 30.8 Å². The number of rotatable bonds is 3. The highest BCUT2D eigenvalue weighted by atomic mass is 35.5. The van der Waals surface area contributed by atoms with Gasteiger partial charge in [0.2, 0.25) is 11.8 Å². The molecule has 3 N–H and O–H groups in total. The molecule has 6 nitrogen and oxygen atoms in total. The number of nitrogens with one attached hydrogen (secondary N) is 1. The van der Waals surface area contributed by atoms with Gasteiger partial charge in [0, 0.05) is 14.0 Å². The second-order valence-electron chi connectivity index (χ2n) is 3.39. The Labute approximate surface area is 106 Å². The van der Waals surface area contributed by atoms with Crippen molar-refractivity contribution < 1.29 is 9.59 Å². The number of carbonyl (C=O) groups is 2. The van der Waals surface area contributed by atoms with Crippen molar-refractivity contribution in [3.8, 4) is 0 Å². The zero-order valence-corrected chi connectivity index (χ0v) is 10.5. The van der Waals surface area contributed by atoms with Crippen molar-refractivity contribution in [3.63, 3.8) is 0 Å². The fraction of sp³-hybridized carbons (Fsp3) is 0.300.